The van der Waals surface area contributed by atoms with E-state index in [0.29, 0.717) is 0 Å². The fraction of sp³-hybridized carbons (Fsp3) is 0.418. The smallest absolute Gasteiger partial charge is 0.195 e. The largest absolute Gasteiger partial charge is 0.355 e. The number of fused-ring (bicyclic) bond motifs is 16. The molecule has 16 bridgehead atoms. The minimum Gasteiger partial charge on any atom is -0.355 e. The van der Waals surface area contributed by atoms with Crippen LogP contribution in [0.15, 0.2) is 84.0 Å². The van der Waals surface area contributed by atoms with Gasteiger partial charge in [-0.15, -0.1) is 45.3 Å². The van der Waals surface area contributed by atoms with Crippen molar-refractivity contribution >= 4 is 146 Å². The van der Waals surface area contributed by atoms with Crippen LogP contribution in [-0.2, 0) is 86.6 Å². The number of nitrogens with one attached hydrogen (secondary N) is 4. The first-order chi connectivity index (χ1) is 72.3. The van der Waals surface area contributed by atoms with E-state index in [1.807, 2.05) is 0 Å². The van der Waals surface area contributed by atoms with Crippen molar-refractivity contribution in [1.29, 1.82) is 0 Å². The van der Waals surface area contributed by atoms with Crippen LogP contribution in [0, 0.1) is 94.7 Å². The Hall–Kier alpha value is -12.7. The lowest BCUT2D eigenvalue weighted by atomic mass is 9.96. The number of carbonyl (C=O) groups excluding carboxylic acids is 2. The second-order valence-corrected chi connectivity index (χ2v) is 43.3. The molecule has 0 radical (unpaired) electrons. The van der Waals surface area contributed by atoms with Gasteiger partial charge in [-0.1, -0.05) is 216 Å². The molecular formula is C134H148N8O2S4. The lowest BCUT2D eigenvalue weighted by Gasteiger charge is -2.06. The van der Waals surface area contributed by atoms with E-state index in [9.17, 15) is 9.59 Å². The van der Waals surface area contributed by atoms with Gasteiger partial charge in [-0.2, -0.15) is 0 Å². The topological polar surface area (TPSA) is 149 Å². The van der Waals surface area contributed by atoms with E-state index in [4.69, 9.17) is 19.9 Å². The summed E-state index contributed by atoms with van der Waals surface area (Å²) in [6, 6.07) is 23.2. The van der Waals surface area contributed by atoms with Gasteiger partial charge in [0.25, 0.3) is 0 Å². The Morgan fingerprint density at radius 3 is 0.696 bits per heavy atom. The number of ketones is 2. The number of aryl methyl sites for hydroxylation is 12. The molecule has 14 heteroatoms. The van der Waals surface area contributed by atoms with Crippen LogP contribution in [0.1, 0.15) is 436 Å². The van der Waals surface area contributed by atoms with E-state index in [1.165, 1.54) is 136 Å². The van der Waals surface area contributed by atoms with Crippen molar-refractivity contribution in [3.05, 3.63) is 227 Å². The highest BCUT2D eigenvalue weighted by Crippen LogP contribution is 2.47. The van der Waals surface area contributed by atoms with Crippen LogP contribution in [0.3, 0.4) is 0 Å². The van der Waals surface area contributed by atoms with Gasteiger partial charge in [0.15, 0.2) is 11.6 Å². The standard InChI is InChI=1S/C134H148N8O2S4/c1-21-41-45-49-63-87-75-127(129-77-89(65-51-47-43-23-3)125(147-129)71-59-55-67-107-131-103(37-17)99(33-13)117(139-131)81-113-95(29-9)91(25-5)109(135-113)79-110-92(26-6)96(30-10)114(136-110)82-118-100(34-14)104(38-18)132(107)140-118)145-123(87)69-57-53-61-85-73-122(144)86(74-121(85)143)62-54-58-70-124-88(64-50-46-42-22-2)76-128(146-124)130-78-90(66-52-48-44-24-4)126(148-130)72-60-56-68-108-133-105(39-19)101(35-15)119(141-133)83-115-97(31-11)93(27-7)111(137-115)80-112-94(28-8)98(32-12)116(138-112)84-120-102(36-16)106(40-20)134(108)142-120/h73-84,135,137,140,142H,21-52,63-66H2,1-20H3. The van der Waals surface area contributed by atoms with Gasteiger partial charge in [0, 0.05) is 64.8 Å². The molecule has 0 atom stereocenters. The molecule has 0 unspecified atom stereocenters. The highest BCUT2D eigenvalue weighted by atomic mass is 32.1. The number of aromatic amines is 4. The summed E-state index contributed by atoms with van der Waals surface area (Å²) < 4.78 is 0. The predicted molar refractivity (Wildman–Crippen MR) is 636 cm³/mol. The highest BCUT2D eigenvalue weighted by Gasteiger charge is 2.30. The number of rotatable bonds is 38. The maximum absolute atomic E-state index is 14.0. The summed E-state index contributed by atoms with van der Waals surface area (Å²) in [4.78, 5) is 74.7. The third-order valence-electron chi connectivity index (χ3n) is 29.9. The van der Waals surface area contributed by atoms with Crippen molar-refractivity contribution in [2.45, 2.75) is 370 Å². The van der Waals surface area contributed by atoms with Crippen molar-refractivity contribution in [2.24, 2.45) is 0 Å². The van der Waals surface area contributed by atoms with Gasteiger partial charge in [-0.25, -0.2) is 19.9 Å². The lowest BCUT2D eigenvalue weighted by molar-refractivity contribution is -0.114. The molecule has 15 rings (SSSR count). The Balaban J connectivity index is 0.722. The zero-order chi connectivity index (χ0) is 105. The van der Waals surface area contributed by atoms with E-state index >= 15 is 0 Å². The van der Waals surface area contributed by atoms with Gasteiger partial charge in [0.2, 0.25) is 0 Å². The van der Waals surface area contributed by atoms with Crippen LogP contribution >= 0.6 is 45.3 Å². The summed E-state index contributed by atoms with van der Waals surface area (Å²) in [5.74, 6) is 52.9. The molecule has 10 aromatic rings. The van der Waals surface area contributed by atoms with Crippen LogP contribution in [-0.4, -0.2) is 51.4 Å². The zero-order valence-electron chi connectivity index (χ0n) is 91.6. The average molecular weight is 2030 g/mol. The number of allylic oxidation sites excluding steroid dienone is 12. The second kappa shape index (κ2) is 52.5. The van der Waals surface area contributed by atoms with Gasteiger partial charge in [-0.05, 0) is 421 Å². The molecule has 4 aliphatic heterocycles. The van der Waals surface area contributed by atoms with Crippen molar-refractivity contribution in [3.63, 3.8) is 0 Å². The van der Waals surface area contributed by atoms with Gasteiger partial charge in [0.1, 0.15) is 0 Å². The molecule has 5 aliphatic rings. The summed E-state index contributed by atoms with van der Waals surface area (Å²) in [6.07, 6.45) is 37.9. The number of H-pyrrole nitrogens is 4. The number of thiophene rings is 4. The fourth-order valence-corrected chi connectivity index (χ4v) is 26.8. The van der Waals surface area contributed by atoms with Crippen molar-refractivity contribution in [3.8, 4) is 114 Å². The van der Waals surface area contributed by atoms with Crippen molar-refractivity contribution < 1.29 is 9.59 Å². The molecular weight excluding hydrogens is 1880 g/mol. The monoisotopic (exact) mass is 2030 g/mol. The molecule has 4 N–H and O–H groups in total. The quantitative estimate of drug-likeness (QED) is 0.0172. The van der Waals surface area contributed by atoms with E-state index < -0.39 is 0 Å². The Labute approximate surface area is 898 Å². The van der Waals surface area contributed by atoms with E-state index in [2.05, 4.69) is 314 Å². The Kier molecular flexibility index (Phi) is 38.8. The Bertz CT molecular complexity index is 7480. The number of carbonyl (C=O) groups is 2. The molecule has 760 valence electrons. The van der Waals surface area contributed by atoms with Gasteiger partial charge < -0.3 is 19.9 Å². The number of hydrogen-bond acceptors (Lipinski definition) is 10. The third kappa shape index (κ3) is 24.1. The summed E-state index contributed by atoms with van der Waals surface area (Å²) >= 11 is 6.84. The van der Waals surface area contributed by atoms with Gasteiger partial charge in [0.05, 0.1) is 98.4 Å². The molecule has 10 nitrogen and oxygen atoms in total. The molecule has 0 spiro atoms. The number of unbranched alkanes of at least 4 members (excludes halogenated alkanes) is 12. The molecule has 0 saturated carbocycles. The average Bonchev–Trinajstić information content (AvgIpc) is 1.60. The van der Waals surface area contributed by atoms with Crippen molar-refractivity contribution in [1.82, 2.24) is 39.9 Å². The number of nitrogens with zero attached hydrogens (tertiary/aromatic N) is 4. The number of aromatic nitrogens is 8. The van der Waals surface area contributed by atoms with Crippen LogP contribution < -0.4 is 0 Å². The van der Waals surface area contributed by atoms with Crippen LogP contribution in [0.4, 0.5) is 0 Å². The minimum absolute atomic E-state index is 0.0836. The second-order valence-electron chi connectivity index (χ2n) is 39.1. The third-order valence-corrected chi connectivity index (χ3v) is 34.7. The summed E-state index contributed by atoms with van der Waals surface area (Å²) in [5.41, 5.74) is 43.9. The van der Waals surface area contributed by atoms with Gasteiger partial charge in [-0.3, -0.25) is 9.59 Å². The molecule has 0 amide bonds. The summed E-state index contributed by atoms with van der Waals surface area (Å²) in [6.45, 7) is 45.2. The van der Waals surface area contributed by atoms with E-state index in [1.54, 1.807) is 45.3 Å². The summed E-state index contributed by atoms with van der Waals surface area (Å²) in [5, 5.41) is 0. The fourth-order valence-electron chi connectivity index (χ4n) is 22.5. The van der Waals surface area contributed by atoms with E-state index in [0.717, 1.165) is 358 Å². The minimum atomic E-state index is -0.389. The summed E-state index contributed by atoms with van der Waals surface area (Å²) in [7, 11) is 0. The lowest BCUT2D eigenvalue weighted by Crippen LogP contribution is -2.11. The predicted octanol–water partition coefficient (Wildman–Crippen LogP) is 34.7. The SMILES string of the molecule is CCCCCCc1cc(-c2cc(CCCCCC)c(C#CC#Cc3c4nc(cc5[nH]c(cc6nc(cc7[nH]c3c(CC)c7CC)C(CC)=C6CC)c(CC)c5CC)C(CC)=C4CC)s2)sc1C#CC#CC1=CC(=O)C(C#CC#Cc2sc(-c3cc(CCCCCC)c(C#CC#Cc4c5nc(cc6[nH]c(cc7nc(cc8[nH]c4c(CC)c8CC)C(CC)=C7CC)c(CC)c6CC)C(CC)=C5CC)s3)cc2CCCCCC)=CC1=O. The first-order valence-corrected chi connectivity index (χ1v) is 59.2. The molecule has 148 heavy (non-hydrogen) atoms. The Morgan fingerprint density at radius 2 is 0.453 bits per heavy atom. The maximum atomic E-state index is 14.0. The number of hydrogen-bond donors (Lipinski definition) is 4. The van der Waals surface area contributed by atoms with Crippen LogP contribution in [0.2, 0.25) is 0 Å². The highest BCUT2D eigenvalue weighted by molar-refractivity contribution is 7.23. The molecule has 14 heterocycles. The van der Waals surface area contributed by atoms with Crippen LogP contribution in [0.5, 0.6) is 0 Å². The molecule has 10 aromatic heterocycles. The van der Waals surface area contributed by atoms with E-state index in [-0.39, 0.29) is 22.7 Å². The zero-order valence-corrected chi connectivity index (χ0v) is 94.9. The van der Waals surface area contributed by atoms with Crippen LogP contribution in [0.25, 0.3) is 108 Å². The maximum Gasteiger partial charge on any atom is 0.195 e. The molecule has 0 fully saturated rings. The van der Waals surface area contributed by atoms with Gasteiger partial charge >= 0.3 is 0 Å². The molecule has 0 aromatic carbocycles. The molecule has 0 saturated heterocycles. The first-order valence-electron chi connectivity index (χ1n) is 56.0. The Morgan fingerprint density at radius 1 is 0.230 bits per heavy atom. The molecule has 1 aliphatic carbocycles. The normalized spacial score (nSPS) is 12.7. The first kappa shape index (κ1) is 109. The van der Waals surface area contributed by atoms with Crippen molar-refractivity contribution in [2.75, 3.05) is 0 Å².